The Bertz CT molecular complexity index is 1070. The van der Waals surface area contributed by atoms with Crippen molar-refractivity contribution >= 4 is 29.3 Å². The molecule has 2 aromatic heterocycles. The van der Waals surface area contributed by atoms with E-state index in [-0.39, 0.29) is 11.6 Å². The molecule has 1 aliphatic rings. The molecule has 0 aromatic carbocycles. The molecule has 0 aliphatic carbocycles. The molecule has 1 unspecified atom stereocenters. The molecule has 33 heavy (non-hydrogen) atoms. The SMILES string of the molecule is CCOC(=O)N1CCN(C(=O)C(C)n2cc(NC(=O)c3nn(C)cc3[N+](=O)[O-])c(C)n2)CC1. The number of nitrogens with one attached hydrogen (secondary N) is 1. The summed E-state index contributed by atoms with van der Waals surface area (Å²) in [5.74, 6) is -0.932. The largest absolute Gasteiger partial charge is 0.450 e. The van der Waals surface area contributed by atoms with Gasteiger partial charge in [-0.1, -0.05) is 0 Å². The van der Waals surface area contributed by atoms with Crippen molar-refractivity contribution in [2.75, 3.05) is 38.1 Å². The molecule has 3 rings (SSSR count). The smallest absolute Gasteiger partial charge is 0.409 e. The van der Waals surface area contributed by atoms with Gasteiger partial charge in [0.1, 0.15) is 12.2 Å². The molecule has 3 amide bonds. The third kappa shape index (κ3) is 5.10. The molecule has 0 spiro atoms. The summed E-state index contributed by atoms with van der Waals surface area (Å²) in [7, 11) is 1.48. The van der Waals surface area contributed by atoms with E-state index in [0.717, 1.165) is 6.20 Å². The van der Waals surface area contributed by atoms with Crippen molar-refractivity contribution < 1.29 is 24.0 Å². The molecule has 1 saturated heterocycles. The fourth-order valence-corrected chi connectivity index (χ4v) is 3.46. The minimum atomic E-state index is -0.751. The van der Waals surface area contributed by atoms with Gasteiger partial charge in [-0.05, 0) is 20.8 Å². The average Bonchev–Trinajstić information content (AvgIpc) is 3.36. The summed E-state index contributed by atoms with van der Waals surface area (Å²) in [4.78, 5) is 51.0. The first-order valence-electron chi connectivity index (χ1n) is 10.4. The lowest BCUT2D eigenvalue weighted by Crippen LogP contribution is -2.52. The predicted octanol–water partition coefficient (Wildman–Crippen LogP) is 0.947. The van der Waals surface area contributed by atoms with Crippen molar-refractivity contribution in [2.24, 2.45) is 7.05 Å². The Morgan fingerprint density at radius 3 is 2.42 bits per heavy atom. The highest BCUT2D eigenvalue weighted by Crippen LogP contribution is 2.22. The third-order valence-electron chi connectivity index (χ3n) is 5.26. The second kappa shape index (κ2) is 9.67. The van der Waals surface area contributed by atoms with Crippen LogP contribution < -0.4 is 5.32 Å². The van der Waals surface area contributed by atoms with Gasteiger partial charge in [0.15, 0.2) is 0 Å². The summed E-state index contributed by atoms with van der Waals surface area (Å²) < 4.78 is 7.60. The number of piperazine rings is 1. The lowest BCUT2D eigenvalue weighted by Gasteiger charge is -2.35. The van der Waals surface area contributed by atoms with Crippen LogP contribution in [0.15, 0.2) is 12.4 Å². The highest BCUT2D eigenvalue weighted by Gasteiger charge is 2.30. The van der Waals surface area contributed by atoms with Crippen LogP contribution in [0.5, 0.6) is 0 Å². The van der Waals surface area contributed by atoms with Crippen LogP contribution in [-0.2, 0) is 16.6 Å². The normalized spacial score (nSPS) is 14.7. The topological polar surface area (TPSA) is 158 Å². The van der Waals surface area contributed by atoms with E-state index in [2.05, 4.69) is 15.5 Å². The number of carbonyl (C=O) groups excluding carboxylic acids is 3. The Morgan fingerprint density at radius 1 is 1.18 bits per heavy atom. The highest BCUT2D eigenvalue weighted by molar-refractivity contribution is 6.05. The van der Waals surface area contributed by atoms with Gasteiger partial charge in [-0.15, -0.1) is 0 Å². The van der Waals surface area contributed by atoms with Crippen LogP contribution in [0.4, 0.5) is 16.2 Å². The van der Waals surface area contributed by atoms with E-state index < -0.39 is 28.7 Å². The van der Waals surface area contributed by atoms with Crippen LogP contribution in [-0.4, -0.2) is 85.0 Å². The van der Waals surface area contributed by atoms with Gasteiger partial charge in [-0.25, -0.2) is 4.79 Å². The third-order valence-corrected chi connectivity index (χ3v) is 5.26. The number of ether oxygens (including phenoxy) is 1. The Balaban J connectivity index is 1.66. The van der Waals surface area contributed by atoms with Gasteiger partial charge in [0.2, 0.25) is 11.6 Å². The van der Waals surface area contributed by atoms with Crippen molar-refractivity contribution in [1.29, 1.82) is 0 Å². The molecule has 14 nitrogen and oxygen atoms in total. The van der Waals surface area contributed by atoms with E-state index in [4.69, 9.17) is 4.74 Å². The van der Waals surface area contributed by atoms with Crippen LogP contribution in [0.2, 0.25) is 0 Å². The first-order valence-corrected chi connectivity index (χ1v) is 10.4. The first kappa shape index (κ1) is 23.7. The fourth-order valence-electron chi connectivity index (χ4n) is 3.46. The molecule has 0 saturated carbocycles. The molecule has 0 radical (unpaired) electrons. The van der Waals surface area contributed by atoms with Gasteiger partial charge < -0.3 is 19.9 Å². The Hall–Kier alpha value is -3.97. The number of anilines is 1. The van der Waals surface area contributed by atoms with E-state index in [9.17, 15) is 24.5 Å². The summed E-state index contributed by atoms with van der Waals surface area (Å²) in [6.07, 6.45) is 2.25. The molecule has 1 fully saturated rings. The summed E-state index contributed by atoms with van der Waals surface area (Å²) in [5.41, 5.74) is 0.0178. The second-order valence-electron chi connectivity index (χ2n) is 7.54. The molecule has 3 heterocycles. The van der Waals surface area contributed by atoms with Gasteiger partial charge in [-0.2, -0.15) is 10.2 Å². The monoisotopic (exact) mass is 462 g/mol. The van der Waals surface area contributed by atoms with E-state index >= 15 is 0 Å². The van der Waals surface area contributed by atoms with Crippen LogP contribution >= 0.6 is 0 Å². The minimum Gasteiger partial charge on any atom is -0.450 e. The number of carbonyl (C=O) groups is 3. The van der Waals surface area contributed by atoms with Crippen LogP contribution in [0.25, 0.3) is 0 Å². The Morgan fingerprint density at radius 2 is 1.82 bits per heavy atom. The molecule has 1 N–H and O–H groups in total. The van der Waals surface area contributed by atoms with Crippen molar-refractivity contribution in [3.8, 4) is 0 Å². The van der Waals surface area contributed by atoms with E-state index in [1.807, 2.05) is 0 Å². The number of amides is 3. The molecular formula is C19H26N8O6. The zero-order chi connectivity index (χ0) is 24.3. The summed E-state index contributed by atoms with van der Waals surface area (Å²) >= 11 is 0. The summed E-state index contributed by atoms with van der Waals surface area (Å²) in [6, 6.07) is -0.660. The number of nitrogens with zero attached hydrogens (tertiary/aromatic N) is 7. The Kier molecular flexibility index (Phi) is 6.94. The van der Waals surface area contributed by atoms with Gasteiger partial charge in [0, 0.05) is 39.4 Å². The molecular weight excluding hydrogens is 436 g/mol. The maximum absolute atomic E-state index is 12.9. The number of hydrogen-bond acceptors (Lipinski definition) is 8. The fraction of sp³-hybridized carbons (Fsp3) is 0.526. The number of aryl methyl sites for hydroxylation is 2. The number of hydrogen-bond donors (Lipinski definition) is 1. The molecule has 1 atom stereocenters. The van der Waals surface area contributed by atoms with Crippen LogP contribution in [0, 0.1) is 17.0 Å². The molecule has 2 aromatic rings. The molecule has 14 heteroatoms. The van der Waals surface area contributed by atoms with Gasteiger partial charge in [0.25, 0.3) is 5.91 Å². The van der Waals surface area contributed by atoms with Crippen molar-refractivity contribution in [3.05, 3.63) is 33.9 Å². The van der Waals surface area contributed by atoms with Gasteiger partial charge in [-0.3, -0.25) is 29.1 Å². The minimum absolute atomic E-state index is 0.181. The van der Waals surface area contributed by atoms with Crippen LogP contribution in [0.1, 0.15) is 36.1 Å². The molecule has 1 aliphatic heterocycles. The zero-order valence-electron chi connectivity index (χ0n) is 18.8. The zero-order valence-corrected chi connectivity index (χ0v) is 18.8. The molecule has 0 bridgehead atoms. The van der Waals surface area contributed by atoms with E-state index in [1.54, 1.807) is 30.6 Å². The lowest BCUT2D eigenvalue weighted by atomic mass is 10.2. The highest BCUT2D eigenvalue weighted by atomic mass is 16.6. The van der Waals surface area contributed by atoms with E-state index in [0.29, 0.717) is 44.2 Å². The summed E-state index contributed by atoms with van der Waals surface area (Å²) in [6.45, 7) is 6.85. The maximum Gasteiger partial charge on any atom is 0.409 e. The van der Waals surface area contributed by atoms with Crippen molar-refractivity contribution in [3.63, 3.8) is 0 Å². The quantitative estimate of drug-likeness (QED) is 0.491. The van der Waals surface area contributed by atoms with Crippen LogP contribution in [0.3, 0.4) is 0 Å². The second-order valence-corrected chi connectivity index (χ2v) is 7.54. The average molecular weight is 462 g/mol. The van der Waals surface area contributed by atoms with Gasteiger partial charge >= 0.3 is 11.8 Å². The standard InChI is InChI=1S/C19H26N8O6/c1-5-33-19(30)25-8-6-24(7-9-25)18(29)13(3)26-10-14(12(2)21-26)20-17(28)16-15(27(31)32)11-23(4)22-16/h10-11,13H,5-9H2,1-4H3,(H,20,28). The lowest BCUT2D eigenvalue weighted by molar-refractivity contribution is -0.385. The maximum atomic E-state index is 12.9. The van der Waals surface area contributed by atoms with E-state index in [1.165, 1.54) is 22.6 Å². The summed E-state index contributed by atoms with van der Waals surface area (Å²) in [5, 5.41) is 21.9. The predicted molar refractivity (Wildman–Crippen MR) is 115 cm³/mol. The Labute approximate surface area is 189 Å². The molecule has 178 valence electrons. The van der Waals surface area contributed by atoms with Gasteiger partial charge in [0.05, 0.1) is 22.9 Å². The first-order chi connectivity index (χ1) is 15.6. The van der Waals surface area contributed by atoms with Crippen molar-refractivity contribution in [2.45, 2.75) is 26.8 Å². The number of aromatic nitrogens is 4. The number of rotatable bonds is 6. The number of nitro groups is 1. The van der Waals surface area contributed by atoms with Crippen molar-refractivity contribution in [1.82, 2.24) is 29.4 Å².